The molecule has 3 N–H and O–H groups in total. The average molecular weight is 547 g/mol. The lowest BCUT2D eigenvalue weighted by molar-refractivity contribution is -0.111. The van der Waals surface area contributed by atoms with E-state index in [2.05, 4.69) is 38.5 Å². The van der Waals surface area contributed by atoms with Crippen LogP contribution >= 0.6 is 11.6 Å². The molecule has 1 aliphatic carbocycles. The van der Waals surface area contributed by atoms with Gasteiger partial charge in [0, 0.05) is 30.0 Å². The molecule has 1 aromatic heterocycles. The van der Waals surface area contributed by atoms with Gasteiger partial charge in [-0.2, -0.15) is 0 Å². The summed E-state index contributed by atoms with van der Waals surface area (Å²) in [5, 5.41) is 9.72. The maximum absolute atomic E-state index is 13.9. The molecule has 1 fully saturated rings. The van der Waals surface area contributed by atoms with Crippen LogP contribution in [-0.4, -0.2) is 48.2 Å². The second-order valence-corrected chi connectivity index (χ2v) is 9.47. The highest BCUT2D eigenvalue weighted by Gasteiger charge is 2.17. The molecular weight excluding hydrogens is 519 g/mol. The van der Waals surface area contributed by atoms with E-state index in [-0.39, 0.29) is 17.8 Å². The maximum Gasteiger partial charge on any atom is 0.247 e. The molecule has 2 heterocycles. The highest BCUT2D eigenvalue weighted by molar-refractivity contribution is 6.34. The minimum Gasteiger partial charge on any atom is -0.378 e. The van der Waals surface area contributed by atoms with Crippen LogP contribution in [0.4, 0.5) is 33.1 Å². The van der Waals surface area contributed by atoms with Crippen molar-refractivity contribution in [1.82, 2.24) is 9.97 Å². The van der Waals surface area contributed by atoms with Crippen molar-refractivity contribution in [2.75, 3.05) is 47.2 Å². The molecule has 8 nitrogen and oxygen atoms in total. The molecule has 10 heteroatoms. The second-order valence-electron chi connectivity index (χ2n) is 9.06. The maximum atomic E-state index is 13.9. The van der Waals surface area contributed by atoms with Gasteiger partial charge in [-0.15, -0.1) is 0 Å². The molecule has 1 atom stereocenters. The van der Waals surface area contributed by atoms with Gasteiger partial charge in [0.15, 0.2) is 0 Å². The number of nitrogens with one attached hydrogen (secondary N) is 3. The molecule has 2 aromatic carbocycles. The number of hydrogen-bond donors (Lipinski definition) is 3. The van der Waals surface area contributed by atoms with E-state index in [9.17, 15) is 9.18 Å². The van der Waals surface area contributed by atoms with Gasteiger partial charge in [0.2, 0.25) is 11.9 Å². The monoisotopic (exact) mass is 546 g/mol. The molecule has 0 bridgehead atoms. The van der Waals surface area contributed by atoms with Gasteiger partial charge >= 0.3 is 0 Å². The number of amides is 1. The van der Waals surface area contributed by atoms with Crippen LogP contribution in [0.25, 0.3) is 11.3 Å². The van der Waals surface area contributed by atoms with Crippen LogP contribution in [0, 0.1) is 0 Å². The SMILES string of the molecule is C=CC(=O)Nc1cc(-c2nc(Nc3cccc(N4CCOCC4)c3)ncc2NC2C=C(F)C=CC2)ccc1Cl. The van der Waals surface area contributed by atoms with Crippen molar-refractivity contribution >= 4 is 46.2 Å². The normalized spacial score (nSPS) is 16.8. The van der Waals surface area contributed by atoms with Gasteiger partial charge in [-0.05, 0) is 55.0 Å². The third-order valence-electron chi connectivity index (χ3n) is 6.32. The topological polar surface area (TPSA) is 91.4 Å². The first-order valence-electron chi connectivity index (χ1n) is 12.6. The fraction of sp³-hybridized carbons (Fsp3) is 0.207. The van der Waals surface area contributed by atoms with Gasteiger partial charge in [0.25, 0.3) is 0 Å². The Bertz CT molecular complexity index is 1440. The number of anilines is 5. The molecule has 0 radical (unpaired) electrons. The number of hydrogen-bond acceptors (Lipinski definition) is 7. The summed E-state index contributed by atoms with van der Waals surface area (Å²) in [5.41, 5.74) is 4.19. The lowest BCUT2D eigenvalue weighted by Gasteiger charge is -2.29. The second kappa shape index (κ2) is 12.1. The van der Waals surface area contributed by atoms with Crippen molar-refractivity contribution in [1.29, 1.82) is 0 Å². The van der Waals surface area contributed by atoms with E-state index in [1.807, 2.05) is 18.2 Å². The Morgan fingerprint density at radius 3 is 2.82 bits per heavy atom. The van der Waals surface area contributed by atoms with Gasteiger partial charge in [-0.1, -0.05) is 36.4 Å². The third-order valence-corrected chi connectivity index (χ3v) is 6.65. The zero-order valence-electron chi connectivity index (χ0n) is 21.2. The van der Waals surface area contributed by atoms with E-state index >= 15 is 0 Å². The molecule has 3 aromatic rings. The smallest absolute Gasteiger partial charge is 0.247 e. The average Bonchev–Trinajstić information content (AvgIpc) is 2.95. The summed E-state index contributed by atoms with van der Waals surface area (Å²) >= 11 is 6.34. The number of nitrogens with zero attached hydrogens (tertiary/aromatic N) is 3. The van der Waals surface area contributed by atoms with E-state index in [1.165, 1.54) is 18.2 Å². The Hall–Kier alpha value is -4.21. The first kappa shape index (κ1) is 26.4. The van der Waals surface area contributed by atoms with Crippen LogP contribution in [0.15, 0.2) is 85.4 Å². The van der Waals surface area contributed by atoms with Crippen molar-refractivity contribution in [3.8, 4) is 11.3 Å². The molecule has 1 unspecified atom stereocenters. The number of halogens is 2. The quantitative estimate of drug-likeness (QED) is 0.294. The standard InChI is InChI=1S/C29H28ClFN6O2/c1-2-27(38)35-25-15-19(9-10-24(25)30)28-26(33-21-6-3-5-20(31)16-21)18-32-29(36-28)34-22-7-4-8-23(17-22)37-11-13-39-14-12-37/h2-5,7-10,15-18,21,33H,1,6,11-14H2,(H,35,38)(H,32,34,36). The molecule has 1 saturated heterocycles. The van der Waals surface area contributed by atoms with Crippen molar-refractivity contribution < 1.29 is 13.9 Å². The predicted octanol–water partition coefficient (Wildman–Crippen LogP) is 6.10. The minimum atomic E-state index is -0.382. The number of rotatable bonds is 8. The zero-order chi connectivity index (χ0) is 27.2. The molecule has 1 aliphatic heterocycles. The van der Waals surface area contributed by atoms with E-state index in [0.717, 1.165) is 24.5 Å². The van der Waals surface area contributed by atoms with Gasteiger partial charge < -0.3 is 25.6 Å². The molecule has 5 rings (SSSR count). The molecule has 0 spiro atoms. The summed E-state index contributed by atoms with van der Waals surface area (Å²) < 4.78 is 19.4. The highest BCUT2D eigenvalue weighted by atomic mass is 35.5. The van der Waals surface area contributed by atoms with Gasteiger partial charge in [-0.3, -0.25) is 4.79 Å². The van der Waals surface area contributed by atoms with Gasteiger partial charge in [0.05, 0.1) is 47.5 Å². The molecule has 200 valence electrons. The van der Waals surface area contributed by atoms with E-state index in [1.54, 1.807) is 30.5 Å². The summed E-state index contributed by atoms with van der Waals surface area (Å²) in [5.74, 6) is -0.306. The summed E-state index contributed by atoms with van der Waals surface area (Å²) in [6.45, 7) is 6.55. The zero-order valence-corrected chi connectivity index (χ0v) is 21.9. The van der Waals surface area contributed by atoms with Crippen molar-refractivity contribution in [3.05, 3.63) is 90.4 Å². The van der Waals surface area contributed by atoms with Crippen LogP contribution in [-0.2, 0) is 9.53 Å². The molecule has 0 saturated carbocycles. The first-order chi connectivity index (χ1) is 19.0. The van der Waals surface area contributed by atoms with Crippen LogP contribution in [0.2, 0.25) is 5.02 Å². The number of allylic oxidation sites excluding steroid dienone is 2. The number of ether oxygens (including phenoxy) is 1. The van der Waals surface area contributed by atoms with Crippen LogP contribution < -0.4 is 20.9 Å². The van der Waals surface area contributed by atoms with Crippen LogP contribution in [0.5, 0.6) is 0 Å². The van der Waals surface area contributed by atoms with Crippen LogP contribution in [0.3, 0.4) is 0 Å². The third kappa shape index (κ3) is 6.63. The summed E-state index contributed by atoms with van der Waals surface area (Å²) in [6, 6.07) is 13.0. The Labute approximate surface area is 231 Å². The number of aromatic nitrogens is 2. The molecule has 39 heavy (non-hydrogen) atoms. The van der Waals surface area contributed by atoms with Crippen molar-refractivity contribution in [3.63, 3.8) is 0 Å². The van der Waals surface area contributed by atoms with E-state index in [4.69, 9.17) is 21.3 Å². The van der Waals surface area contributed by atoms with Gasteiger partial charge in [0.1, 0.15) is 5.83 Å². The summed E-state index contributed by atoms with van der Waals surface area (Å²) in [6.07, 6.45) is 8.19. The fourth-order valence-electron chi connectivity index (χ4n) is 4.39. The van der Waals surface area contributed by atoms with Crippen molar-refractivity contribution in [2.24, 2.45) is 0 Å². The Morgan fingerprint density at radius 1 is 1.18 bits per heavy atom. The minimum absolute atomic E-state index is 0.270. The Kier molecular flexibility index (Phi) is 8.19. The van der Waals surface area contributed by atoms with E-state index in [0.29, 0.717) is 53.2 Å². The number of carbonyl (C=O) groups is 1. The first-order valence-corrected chi connectivity index (χ1v) is 13.0. The number of benzene rings is 2. The lowest BCUT2D eigenvalue weighted by atomic mass is 10.1. The lowest BCUT2D eigenvalue weighted by Crippen LogP contribution is -2.36. The predicted molar refractivity (Wildman–Crippen MR) is 154 cm³/mol. The largest absolute Gasteiger partial charge is 0.378 e. The Balaban J connectivity index is 1.48. The number of morpholine rings is 1. The van der Waals surface area contributed by atoms with Crippen LogP contribution in [0.1, 0.15) is 6.42 Å². The van der Waals surface area contributed by atoms with Crippen molar-refractivity contribution in [2.45, 2.75) is 12.5 Å². The number of carbonyl (C=O) groups excluding carboxylic acids is 1. The summed E-state index contributed by atoms with van der Waals surface area (Å²) in [4.78, 5) is 23.6. The van der Waals surface area contributed by atoms with Gasteiger partial charge in [-0.25, -0.2) is 14.4 Å². The molecule has 1 amide bonds. The fourth-order valence-corrected chi connectivity index (χ4v) is 4.56. The molecule has 2 aliphatic rings. The summed E-state index contributed by atoms with van der Waals surface area (Å²) in [7, 11) is 0. The van der Waals surface area contributed by atoms with E-state index < -0.39 is 0 Å². The molecular formula is C29H28ClFN6O2. The highest BCUT2D eigenvalue weighted by Crippen LogP contribution is 2.34. The Morgan fingerprint density at radius 2 is 2.03 bits per heavy atom.